The smallest absolute Gasteiger partial charge is 0.210 e. The molecular weight excluding hydrogens is 524 g/mol. The largest absolute Gasteiger partial charge is 0.411 e. The second-order valence-corrected chi connectivity index (χ2v) is 9.15. The number of ketones is 3. The molecule has 10 heteroatoms. The van der Waals surface area contributed by atoms with Gasteiger partial charge in [-0.3, -0.25) is 14.4 Å². The van der Waals surface area contributed by atoms with Gasteiger partial charge in [-0.1, -0.05) is 39.7 Å². The van der Waals surface area contributed by atoms with Crippen molar-refractivity contribution in [3.05, 3.63) is 102 Å². The van der Waals surface area contributed by atoms with E-state index in [0.29, 0.717) is 39.1 Å². The molecule has 206 valence electrons. The van der Waals surface area contributed by atoms with Gasteiger partial charge in [0.2, 0.25) is 17.3 Å². The molecule has 0 aromatic heterocycles. The molecule has 0 radical (unpaired) electrons. The maximum atomic E-state index is 12.9. The molecule has 4 aromatic carbocycles. The van der Waals surface area contributed by atoms with Crippen molar-refractivity contribution in [3.63, 3.8) is 0 Å². The Bertz CT molecular complexity index is 1670. The molecule has 41 heavy (non-hydrogen) atoms. The molecule has 4 aromatic rings. The molecule has 0 unspecified atom stereocenters. The Balaban J connectivity index is 1.92. The SMILES string of the molecule is C/C(=N\O)C(=O)c1ccc(N(c2ccc(C(=O)/C(C)=N/O)cc2)c2ccc(C(=O)/C(C)=N/O)c3ccccc23)cc1. The van der Waals surface area contributed by atoms with Crippen molar-refractivity contribution >= 4 is 62.3 Å². The lowest BCUT2D eigenvalue weighted by Crippen LogP contribution is -2.15. The first-order valence-corrected chi connectivity index (χ1v) is 12.4. The van der Waals surface area contributed by atoms with E-state index in [1.165, 1.54) is 20.8 Å². The first kappa shape index (κ1) is 28.4. The molecule has 0 spiro atoms. The van der Waals surface area contributed by atoms with Gasteiger partial charge in [0.15, 0.2) is 0 Å². The first-order valence-electron chi connectivity index (χ1n) is 12.4. The molecule has 4 rings (SSSR count). The van der Waals surface area contributed by atoms with E-state index in [-0.39, 0.29) is 17.1 Å². The number of benzene rings is 4. The predicted molar refractivity (Wildman–Crippen MR) is 156 cm³/mol. The number of nitrogens with zero attached hydrogens (tertiary/aromatic N) is 4. The highest BCUT2D eigenvalue weighted by Crippen LogP contribution is 2.40. The average Bonchev–Trinajstić information content (AvgIpc) is 3.03. The highest BCUT2D eigenvalue weighted by molar-refractivity contribution is 6.47. The fourth-order valence-corrected chi connectivity index (χ4v) is 4.38. The molecule has 0 atom stereocenters. The summed E-state index contributed by atoms with van der Waals surface area (Å²) < 4.78 is 0. The molecule has 0 saturated carbocycles. The zero-order valence-electron chi connectivity index (χ0n) is 22.4. The van der Waals surface area contributed by atoms with E-state index in [1.54, 1.807) is 72.8 Å². The van der Waals surface area contributed by atoms with Crippen molar-refractivity contribution in [1.82, 2.24) is 0 Å². The summed E-state index contributed by atoms with van der Waals surface area (Å²) in [6.07, 6.45) is 0. The Hall–Kier alpha value is -5.64. The quantitative estimate of drug-likeness (QED) is 0.0942. The van der Waals surface area contributed by atoms with Gasteiger partial charge < -0.3 is 20.5 Å². The third-order valence-electron chi connectivity index (χ3n) is 6.60. The van der Waals surface area contributed by atoms with E-state index in [1.807, 2.05) is 17.0 Å². The van der Waals surface area contributed by atoms with Gasteiger partial charge in [-0.25, -0.2) is 0 Å². The number of carbonyl (C=O) groups excluding carboxylic acids is 3. The monoisotopic (exact) mass is 550 g/mol. The van der Waals surface area contributed by atoms with Crippen molar-refractivity contribution in [2.75, 3.05) is 4.90 Å². The predicted octanol–water partition coefficient (Wildman–Crippen LogP) is 6.41. The van der Waals surface area contributed by atoms with Crippen molar-refractivity contribution in [2.24, 2.45) is 15.5 Å². The number of carbonyl (C=O) groups is 3. The summed E-state index contributed by atoms with van der Waals surface area (Å²) >= 11 is 0. The number of Topliss-reactive ketones (excluding diaryl/α,β-unsaturated/α-hetero) is 3. The lowest BCUT2D eigenvalue weighted by Gasteiger charge is -2.27. The summed E-state index contributed by atoms with van der Waals surface area (Å²) in [5.74, 6) is -1.28. The average molecular weight is 551 g/mol. The van der Waals surface area contributed by atoms with Gasteiger partial charge in [-0.15, -0.1) is 0 Å². The van der Waals surface area contributed by atoms with E-state index in [0.717, 1.165) is 5.39 Å². The molecular formula is C31H26N4O6. The number of hydrogen-bond acceptors (Lipinski definition) is 10. The van der Waals surface area contributed by atoms with E-state index in [4.69, 9.17) is 10.4 Å². The van der Waals surface area contributed by atoms with Crippen molar-refractivity contribution in [1.29, 1.82) is 0 Å². The zero-order valence-corrected chi connectivity index (χ0v) is 22.4. The summed E-state index contributed by atoms with van der Waals surface area (Å²) in [6, 6.07) is 24.1. The van der Waals surface area contributed by atoms with E-state index in [9.17, 15) is 19.6 Å². The number of oxime groups is 3. The Labute approximate surface area is 235 Å². The number of hydrogen-bond donors (Lipinski definition) is 3. The topological polar surface area (TPSA) is 152 Å². The second-order valence-electron chi connectivity index (χ2n) is 9.15. The minimum Gasteiger partial charge on any atom is -0.411 e. The van der Waals surface area contributed by atoms with Crippen LogP contribution in [0.4, 0.5) is 17.1 Å². The molecule has 0 saturated heterocycles. The van der Waals surface area contributed by atoms with Gasteiger partial charge in [0.25, 0.3) is 0 Å². The third kappa shape index (κ3) is 5.57. The van der Waals surface area contributed by atoms with Crippen LogP contribution in [0.5, 0.6) is 0 Å². The van der Waals surface area contributed by atoms with Crippen LogP contribution < -0.4 is 4.90 Å². The normalized spacial score (nSPS) is 12.3. The maximum Gasteiger partial charge on any atom is 0.210 e. The lowest BCUT2D eigenvalue weighted by atomic mass is 9.97. The van der Waals surface area contributed by atoms with Crippen LogP contribution in [0.3, 0.4) is 0 Å². The van der Waals surface area contributed by atoms with Crippen LogP contribution in [0.25, 0.3) is 10.8 Å². The fourth-order valence-electron chi connectivity index (χ4n) is 4.38. The second kappa shape index (κ2) is 12.0. The Morgan fingerprint density at radius 2 is 0.951 bits per heavy atom. The fraction of sp³-hybridized carbons (Fsp3) is 0.0968. The van der Waals surface area contributed by atoms with Crippen LogP contribution in [0, 0.1) is 0 Å². The van der Waals surface area contributed by atoms with E-state index in [2.05, 4.69) is 15.5 Å². The summed E-state index contributed by atoms with van der Waals surface area (Å²) in [5.41, 5.74) is 2.86. The molecule has 0 bridgehead atoms. The number of anilines is 3. The highest BCUT2D eigenvalue weighted by atomic mass is 16.4. The highest BCUT2D eigenvalue weighted by Gasteiger charge is 2.21. The van der Waals surface area contributed by atoms with Gasteiger partial charge in [0, 0.05) is 33.5 Å². The van der Waals surface area contributed by atoms with Crippen LogP contribution in [-0.2, 0) is 0 Å². The summed E-state index contributed by atoms with van der Waals surface area (Å²) in [6.45, 7) is 4.25. The maximum absolute atomic E-state index is 12.9. The molecule has 0 fully saturated rings. The van der Waals surface area contributed by atoms with Gasteiger partial charge in [-0.2, -0.15) is 0 Å². The third-order valence-corrected chi connectivity index (χ3v) is 6.60. The van der Waals surface area contributed by atoms with Crippen molar-refractivity contribution in [2.45, 2.75) is 20.8 Å². The molecule has 3 N–H and O–H groups in total. The van der Waals surface area contributed by atoms with Gasteiger partial charge in [-0.05, 0) is 86.8 Å². The Morgan fingerprint density at radius 1 is 0.537 bits per heavy atom. The van der Waals surface area contributed by atoms with Crippen LogP contribution >= 0.6 is 0 Å². The minimum absolute atomic E-state index is 0.0514. The summed E-state index contributed by atoms with van der Waals surface area (Å²) in [5, 5.41) is 37.6. The van der Waals surface area contributed by atoms with Crippen LogP contribution in [0.1, 0.15) is 51.8 Å². The minimum atomic E-state index is -0.427. The number of fused-ring (bicyclic) bond motifs is 1. The van der Waals surface area contributed by atoms with Gasteiger partial charge >= 0.3 is 0 Å². The van der Waals surface area contributed by atoms with Gasteiger partial charge in [0.05, 0.1) is 5.69 Å². The van der Waals surface area contributed by atoms with E-state index < -0.39 is 17.3 Å². The van der Waals surface area contributed by atoms with Crippen LogP contribution in [-0.4, -0.2) is 50.1 Å². The Kier molecular flexibility index (Phi) is 8.33. The molecule has 0 amide bonds. The first-order chi connectivity index (χ1) is 19.7. The standard InChI is InChI=1S/C31H26N4O6/c1-18(32-39)29(36)21-8-12-23(13-9-21)35(24-14-10-22(11-15-24)30(37)19(2)33-40)28-17-16-27(31(38)20(3)34-41)25-6-4-5-7-26(25)28/h4-17,39-41H,1-3H3/b32-18+,33-19+,34-20+. The van der Waals surface area contributed by atoms with E-state index >= 15 is 0 Å². The van der Waals surface area contributed by atoms with Crippen LogP contribution in [0.15, 0.2) is 100 Å². The van der Waals surface area contributed by atoms with Crippen molar-refractivity contribution in [3.8, 4) is 0 Å². The summed E-state index contributed by atoms with van der Waals surface area (Å²) in [4.78, 5) is 39.9. The summed E-state index contributed by atoms with van der Waals surface area (Å²) in [7, 11) is 0. The molecule has 0 aliphatic rings. The Morgan fingerprint density at radius 3 is 1.39 bits per heavy atom. The van der Waals surface area contributed by atoms with Gasteiger partial charge in [0.1, 0.15) is 17.1 Å². The molecule has 0 aliphatic heterocycles. The van der Waals surface area contributed by atoms with Crippen LogP contribution in [0.2, 0.25) is 0 Å². The molecule has 0 aliphatic carbocycles. The molecule has 0 heterocycles. The zero-order chi connectivity index (χ0) is 29.7. The lowest BCUT2D eigenvalue weighted by molar-refractivity contribution is 0.105. The van der Waals surface area contributed by atoms with Crippen molar-refractivity contribution < 1.29 is 30.0 Å². The molecule has 10 nitrogen and oxygen atoms in total. The number of rotatable bonds is 9.